The van der Waals surface area contributed by atoms with Crippen molar-refractivity contribution < 1.29 is 17.9 Å². The second-order valence-electron chi connectivity index (χ2n) is 4.55. The molecule has 1 heterocycles. The molecule has 0 spiro atoms. The third-order valence-corrected chi connectivity index (χ3v) is 4.72. The maximum Gasteiger partial charge on any atom is 0.279 e. The Kier molecular flexibility index (Phi) is 10.7. The van der Waals surface area contributed by atoms with E-state index in [4.69, 9.17) is 9.47 Å². The highest BCUT2D eigenvalue weighted by Gasteiger charge is 2.25. The van der Waals surface area contributed by atoms with Crippen molar-refractivity contribution in [3.8, 4) is 0 Å². The summed E-state index contributed by atoms with van der Waals surface area (Å²) in [7, 11) is -0.373. The van der Waals surface area contributed by atoms with Crippen molar-refractivity contribution in [3.63, 3.8) is 0 Å². The molecule has 1 saturated heterocycles. The van der Waals surface area contributed by atoms with E-state index < -0.39 is 10.2 Å². The quantitative estimate of drug-likeness (QED) is 0.600. The largest absolute Gasteiger partial charge is 0.383 e. The zero-order valence-electron chi connectivity index (χ0n) is 12.1. The lowest BCUT2D eigenvalue weighted by Gasteiger charge is -2.28. The van der Waals surface area contributed by atoms with Crippen molar-refractivity contribution in [2.75, 3.05) is 53.6 Å². The van der Waals surface area contributed by atoms with Crippen LogP contribution in [0.1, 0.15) is 12.8 Å². The maximum absolute atomic E-state index is 12.3. The van der Waals surface area contributed by atoms with E-state index in [1.165, 1.54) is 4.31 Å². The third-order valence-electron chi connectivity index (χ3n) is 3.04. The number of rotatable bonds is 9. The van der Waals surface area contributed by atoms with Gasteiger partial charge in [-0.3, -0.25) is 0 Å². The SMILES string of the molecule is COCCN(CCOC)S(=O)(=O)NC1CCCNC1.Cl. The fourth-order valence-electron chi connectivity index (χ4n) is 1.98. The van der Waals surface area contributed by atoms with Crippen molar-refractivity contribution in [1.29, 1.82) is 0 Å². The van der Waals surface area contributed by atoms with E-state index in [9.17, 15) is 8.42 Å². The minimum absolute atomic E-state index is 0. The Morgan fingerprint density at radius 2 is 1.85 bits per heavy atom. The van der Waals surface area contributed by atoms with Crippen LogP contribution in [0, 0.1) is 0 Å². The summed E-state index contributed by atoms with van der Waals surface area (Å²) in [5.41, 5.74) is 0. The number of hydrogen-bond donors (Lipinski definition) is 2. The molecule has 0 aromatic rings. The molecule has 0 saturated carbocycles. The van der Waals surface area contributed by atoms with E-state index >= 15 is 0 Å². The number of hydrogen-bond acceptors (Lipinski definition) is 5. The topological polar surface area (TPSA) is 79.9 Å². The average molecular weight is 332 g/mol. The first-order chi connectivity index (χ1) is 9.10. The molecule has 7 nitrogen and oxygen atoms in total. The number of ether oxygens (including phenoxy) is 2. The molecular weight excluding hydrogens is 306 g/mol. The first-order valence-electron chi connectivity index (χ1n) is 6.56. The van der Waals surface area contributed by atoms with E-state index in [1.807, 2.05) is 0 Å². The first-order valence-corrected chi connectivity index (χ1v) is 8.00. The van der Waals surface area contributed by atoms with Gasteiger partial charge in [0.25, 0.3) is 10.2 Å². The van der Waals surface area contributed by atoms with Crippen LogP contribution in [0.2, 0.25) is 0 Å². The molecule has 1 fully saturated rings. The van der Waals surface area contributed by atoms with Crippen LogP contribution >= 0.6 is 12.4 Å². The van der Waals surface area contributed by atoms with Gasteiger partial charge >= 0.3 is 0 Å². The monoisotopic (exact) mass is 331 g/mol. The van der Waals surface area contributed by atoms with E-state index in [0.717, 1.165) is 19.4 Å². The second-order valence-corrected chi connectivity index (χ2v) is 6.25. The molecule has 2 N–H and O–H groups in total. The molecule has 20 heavy (non-hydrogen) atoms. The van der Waals surface area contributed by atoms with Crippen LogP contribution in [0.15, 0.2) is 0 Å². The minimum atomic E-state index is -3.48. The number of methoxy groups -OCH3 is 2. The molecule has 0 aliphatic carbocycles. The molecular formula is C11H26ClN3O4S. The van der Waals surface area contributed by atoms with E-state index in [0.29, 0.717) is 32.8 Å². The summed E-state index contributed by atoms with van der Waals surface area (Å²) in [4.78, 5) is 0. The minimum Gasteiger partial charge on any atom is -0.383 e. The average Bonchev–Trinajstić information content (AvgIpc) is 2.39. The second kappa shape index (κ2) is 10.7. The van der Waals surface area contributed by atoms with Gasteiger partial charge in [-0.2, -0.15) is 17.4 Å². The van der Waals surface area contributed by atoms with Gasteiger partial charge < -0.3 is 14.8 Å². The Morgan fingerprint density at radius 1 is 1.25 bits per heavy atom. The predicted octanol–water partition coefficient (Wildman–Crippen LogP) is -0.411. The van der Waals surface area contributed by atoms with Crippen molar-refractivity contribution >= 4 is 22.6 Å². The Bertz CT molecular complexity index is 329. The highest BCUT2D eigenvalue weighted by Crippen LogP contribution is 2.06. The Morgan fingerprint density at radius 3 is 2.30 bits per heavy atom. The standard InChI is InChI=1S/C11H25N3O4S.ClH/c1-17-8-6-14(7-9-18-2)19(15,16)13-11-4-3-5-12-10-11;/h11-13H,3-10H2,1-2H3;1H. The molecule has 0 bridgehead atoms. The predicted molar refractivity (Wildman–Crippen MR) is 80.5 cm³/mol. The van der Waals surface area contributed by atoms with Gasteiger partial charge in [-0.15, -0.1) is 12.4 Å². The van der Waals surface area contributed by atoms with Gasteiger partial charge in [-0.1, -0.05) is 0 Å². The van der Waals surface area contributed by atoms with Crippen LogP contribution in [-0.4, -0.2) is 72.4 Å². The van der Waals surface area contributed by atoms with Crippen LogP contribution < -0.4 is 10.0 Å². The van der Waals surface area contributed by atoms with Gasteiger partial charge in [0.15, 0.2) is 0 Å². The summed E-state index contributed by atoms with van der Waals surface area (Å²) >= 11 is 0. The Balaban J connectivity index is 0.00000361. The molecule has 0 amide bonds. The third kappa shape index (κ3) is 7.16. The highest BCUT2D eigenvalue weighted by molar-refractivity contribution is 7.87. The molecule has 1 rings (SSSR count). The van der Waals surface area contributed by atoms with Crippen molar-refractivity contribution in [2.24, 2.45) is 0 Å². The zero-order valence-corrected chi connectivity index (χ0v) is 13.8. The van der Waals surface area contributed by atoms with Gasteiger partial charge in [-0.05, 0) is 19.4 Å². The number of halogens is 1. The maximum atomic E-state index is 12.3. The molecule has 1 aliphatic rings. The van der Waals surface area contributed by atoms with Crippen molar-refractivity contribution in [2.45, 2.75) is 18.9 Å². The lowest BCUT2D eigenvalue weighted by Crippen LogP contribution is -2.51. The van der Waals surface area contributed by atoms with Crippen LogP contribution in [-0.2, 0) is 19.7 Å². The number of nitrogens with one attached hydrogen (secondary N) is 2. The summed E-state index contributed by atoms with van der Waals surface area (Å²) < 4.78 is 38.6. The molecule has 1 atom stereocenters. The van der Waals surface area contributed by atoms with Gasteiger partial charge in [0.05, 0.1) is 13.2 Å². The van der Waals surface area contributed by atoms with Crippen LogP contribution in [0.25, 0.3) is 0 Å². The van der Waals surface area contributed by atoms with Crippen LogP contribution in [0.5, 0.6) is 0 Å². The molecule has 1 aliphatic heterocycles. The van der Waals surface area contributed by atoms with Crippen molar-refractivity contribution in [1.82, 2.24) is 14.3 Å². The van der Waals surface area contributed by atoms with E-state index in [1.54, 1.807) is 14.2 Å². The van der Waals surface area contributed by atoms with Crippen molar-refractivity contribution in [3.05, 3.63) is 0 Å². The zero-order chi connectivity index (χ0) is 14.1. The lowest BCUT2D eigenvalue weighted by atomic mass is 10.1. The number of piperidine rings is 1. The molecule has 122 valence electrons. The molecule has 1 unspecified atom stereocenters. The molecule has 0 radical (unpaired) electrons. The summed E-state index contributed by atoms with van der Waals surface area (Å²) in [6, 6.07) is -0.0358. The molecule has 0 aromatic carbocycles. The van der Waals surface area contributed by atoms with Gasteiger partial charge in [0, 0.05) is 39.9 Å². The van der Waals surface area contributed by atoms with Crippen LogP contribution in [0.3, 0.4) is 0 Å². The summed E-state index contributed by atoms with van der Waals surface area (Å²) in [5, 5.41) is 3.19. The van der Waals surface area contributed by atoms with Gasteiger partial charge in [0.1, 0.15) is 0 Å². The number of nitrogens with zero attached hydrogens (tertiary/aromatic N) is 1. The Hall–Kier alpha value is 0.0400. The normalized spacial score (nSPS) is 19.9. The van der Waals surface area contributed by atoms with Gasteiger partial charge in [0.2, 0.25) is 0 Å². The molecule has 0 aromatic heterocycles. The van der Waals surface area contributed by atoms with Crippen LogP contribution in [0.4, 0.5) is 0 Å². The van der Waals surface area contributed by atoms with E-state index in [2.05, 4.69) is 10.0 Å². The smallest absolute Gasteiger partial charge is 0.279 e. The van der Waals surface area contributed by atoms with E-state index in [-0.39, 0.29) is 18.4 Å². The lowest BCUT2D eigenvalue weighted by molar-refractivity contribution is 0.149. The Labute approximate surface area is 128 Å². The summed E-state index contributed by atoms with van der Waals surface area (Å²) in [5.74, 6) is 0. The first kappa shape index (κ1) is 20.0. The highest BCUT2D eigenvalue weighted by atomic mass is 35.5. The molecule has 9 heteroatoms. The fourth-order valence-corrected chi connectivity index (χ4v) is 3.38. The summed E-state index contributed by atoms with van der Waals surface area (Å²) in [6.45, 7) is 3.03. The summed E-state index contributed by atoms with van der Waals surface area (Å²) in [6.07, 6.45) is 1.86. The van der Waals surface area contributed by atoms with Gasteiger partial charge in [-0.25, -0.2) is 0 Å². The fraction of sp³-hybridized carbons (Fsp3) is 1.00.